The summed E-state index contributed by atoms with van der Waals surface area (Å²) in [6, 6.07) is 3.48. The second kappa shape index (κ2) is 9.68. The van der Waals surface area contributed by atoms with Crippen LogP contribution >= 0.6 is 0 Å². The van der Waals surface area contributed by atoms with Crippen molar-refractivity contribution in [1.29, 1.82) is 0 Å². The number of rotatable bonds is 9. The van der Waals surface area contributed by atoms with Gasteiger partial charge in [-0.3, -0.25) is 4.79 Å². The van der Waals surface area contributed by atoms with E-state index in [9.17, 15) is 9.59 Å². The molecule has 2 N–H and O–H groups in total. The zero-order valence-corrected chi connectivity index (χ0v) is 18.7. The molecule has 1 amide bonds. The molecule has 0 aliphatic carbocycles. The summed E-state index contributed by atoms with van der Waals surface area (Å²) < 4.78 is 11.9. The molecule has 3 rings (SSSR count). The molecule has 0 saturated carbocycles. The number of furan rings is 1. The van der Waals surface area contributed by atoms with Gasteiger partial charge in [0.25, 0.3) is 5.91 Å². The van der Waals surface area contributed by atoms with Gasteiger partial charge >= 0.3 is 5.97 Å². The molecule has 0 saturated heterocycles. The second-order valence-corrected chi connectivity index (χ2v) is 8.39. The highest BCUT2D eigenvalue weighted by Crippen LogP contribution is 2.33. The number of hydrogen-bond donors (Lipinski definition) is 2. The molecule has 0 atom stereocenters. The van der Waals surface area contributed by atoms with Crippen LogP contribution in [0.5, 0.6) is 0 Å². The van der Waals surface area contributed by atoms with Crippen molar-refractivity contribution in [3.63, 3.8) is 0 Å². The number of pyridine rings is 1. The van der Waals surface area contributed by atoms with E-state index in [-0.39, 0.29) is 17.5 Å². The van der Waals surface area contributed by atoms with E-state index in [2.05, 4.69) is 43.3 Å². The number of nitrogens with one attached hydrogen (secondary N) is 2. The number of amides is 1. The average molecular weight is 427 g/mol. The summed E-state index contributed by atoms with van der Waals surface area (Å²) in [5.41, 5.74) is 2.46. The molecule has 8 heteroatoms. The van der Waals surface area contributed by atoms with Crippen LogP contribution in [0.4, 0.5) is 11.4 Å². The molecular formula is C23H30N4O4. The highest BCUT2D eigenvalue weighted by atomic mass is 16.5. The van der Waals surface area contributed by atoms with Gasteiger partial charge in [-0.25, -0.2) is 9.78 Å². The van der Waals surface area contributed by atoms with E-state index < -0.39 is 5.97 Å². The number of carbonyl (C=O) groups is 2. The highest BCUT2D eigenvalue weighted by molar-refractivity contribution is 6.14. The number of anilines is 2. The van der Waals surface area contributed by atoms with E-state index in [0.29, 0.717) is 34.7 Å². The largest absolute Gasteiger partial charge is 0.472 e. The number of aromatic nitrogens is 2. The van der Waals surface area contributed by atoms with Crippen molar-refractivity contribution in [1.82, 2.24) is 9.55 Å². The summed E-state index contributed by atoms with van der Waals surface area (Å²) in [4.78, 5) is 30.1. The fourth-order valence-electron chi connectivity index (χ4n) is 3.38. The molecular weight excluding hydrogens is 396 g/mol. The van der Waals surface area contributed by atoms with Gasteiger partial charge in [-0.05, 0) is 30.4 Å². The Bertz CT molecular complexity index is 1050. The normalized spacial score (nSPS) is 11.3. The Morgan fingerprint density at radius 1 is 1.23 bits per heavy atom. The molecule has 0 aliphatic rings. The van der Waals surface area contributed by atoms with E-state index in [1.54, 1.807) is 12.3 Å². The number of carbonyl (C=O) groups excluding carboxylic acids is 2. The van der Waals surface area contributed by atoms with Gasteiger partial charge in [0.1, 0.15) is 11.9 Å². The minimum Gasteiger partial charge on any atom is -0.472 e. The summed E-state index contributed by atoms with van der Waals surface area (Å²) in [5.74, 6) is -0.0785. The standard InChI is InChI=1S/C23H30N4O4/c1-14(2)6-8-24-17-10-18-19(26-22(28)16-7-9-31-13-16)20(23(29)30-5)27(12-15(3)4)21(18)25-11-17/h7,9-11,13-15,24H,6,8,12H2,1-5H3,(H,26,28). The van der Waals surface area contributed by atoms with Gasteiger partial charge in [-0.15, -0.1) is 0 Å². The fourth-order valence-corrected chi connectivity index (χ4v) is 3.38. The van der Waals surface area contributed by atoms with E-state index in [1.807, 2.05) is 10.6 Å². The predicted octanol–water partition coefficient (Wildman–Crippen LogP) is 4.78. The third-order valence-corrected chi connectivity index (χ3v) is 4.90. The van der Waals surface area contributed by atoms with Crippen LogP contribution in [0.15, 0.2) is 35.3 Å². The number of methoxy groups -OCH3 is 1. The van der Waals surface area contributed by atoms with Gasteiger partial charge < -0.3 is 24.4 Å². The number of esters is 1. The highest BCUT2D eigenvalue weighted by Gasteiger charge is 2.27. The lowest BCUT2D eigenvalue weighted by molar-refractivity contribution is 0.0589. The Balaban J connectivity index is 2.12. The van der Waals surface area contributed by atoms with Crippen LogP contribution in [0, 0.1) is 11.8 Å². The van der Waals surface area contributed by atoms with Crippen LogP contribution in [-0.4, -0.2) is 35.1 Å². The first kappa shape index (κ1) is 22.4. The summed E-state index contributed by atoms with van der Waals surface area (Å²) in [6.07, 6.45) is 5.56. The summed E-state index contributed by atoms with van der Waals surface area (Å²) in [7, 11) is 1.33. The maximum absolute atomic E-state index is 12.8. The zero-order valence-electron chi connectivity index (χ0n) is 18.7. The van der Waals surface area contributed by atoms with Crippen molar-refractivity contribution in [2.75, 3.05) is 24.3 Å². The molecule has 166 valence electrons. The van der Waals surface area contributed by atoms with Gasteiger partial charge in [0.05, 0.1) is 36.5 Å². The van der Waals surface area contributed by atoms with E-state index in [0.717, 1.165) is 18.7 Å². The topological polar surface area (TPSA) is 98.4 Å². The smallest absolute Gasteiger partial charge is 0.356 e. The van der Waals surface area contributed by atoms with Crippen molar-refractivity contribution in [3.8, 4) is 0 Å². The molecule has 3 aromatic heterocycles. The Morgan fingerprint density at radius 3 is 2.61 bits per heavy atom. The van der Waals surface area contributed by atoms with E-state index >= 15 is 0 Å². The zero-order chi connectivity index (χ0) is 22.5. The first-order valence-corrected chi connectivity index (χ1v) is 10.5. The van der Waals surface area contributed by atoms with Crippen molar-refractivity contribution in [2.24, 2.45) is 11.8 Å². The minimum atomic E-state index is -0.532. The van der Waals surface area contributed by atoms with Gasteiger partial charge in [0.2, 0.25) is 0 Å². The molecule has 31 heavy (non-hydrogen) atoms. The minimum absolute atomic E-state index is 0.252. The van der Waals surface area contributed by atoms with E-state index in [4.69, 9.17) is 9.15 Å². The van der Waals surface area contributed by atoms with Gasteiger partial charge in [0.15, 0.2) is 5.69 Å². The van der Waals surface area contributed by atoms with Crippen LogP contribution in [0.3, 0.4) is 0 Å². The Hall–Kier alpha value is -3.29. The quantitative estimate of drug-likeness (QED) is 0.478. The van der Waals surface area contributed by atoms with Crippen LogP contribution < -0.4 is 10.6 Å². The monoisotopic (exact) mass is 426 g/mol. The van der Waals surface area contributed by atoms with Gasteiger partial charge in [0, 0.05) is 18.5 Å². The summed E-state index contributed by atoms with van der Waals surface area (Å²) >= 11 is 0. The number of fused-ring (bicyclic) bond motifs is 1. The summed E-state index contributed by atoms with van der Waals surface area (Å²) in [6.45, 7) is 9.80. The van der Waals surface area contributed by atoms with Gasteiger partial charge in [-0.1, -0.05) is 27.7 Å². The van der Waals surface area contributed by atoms with E-state index in [1.165, 1.54) is 19.6 Å². The Kier molecular flexibility index (Phi) is 6.99. The first-order chi connectivity index (χ1) is 14.8. The number of nitrogens with zero attached hydrogens (tertiary/aromatic N) is 2. The maximum Gasteiger partial charge on any atom is 0.356 e. The van der Waals surface area contributed by atoms with Crippen LogP contribution in [0.1, 0.15) is 55.0 Å². The lowest BCUT2D eigenvalue weighted by atomic mass is 10.1. The van der Waals surface area contributed by atoms with Crippen molar-refractivity contribution in [2.45, 2.75) is 40.7 Å². The van der Waals surface area contributed by atoms with Crippen molar-refractivity contribution in [3.05, 3.63) is 42.1 Å². The molecule has 0 fully saturated rings. The predicted molar refractivity (Wildman–Crippen MR) is 121 cm³/mol. The molecule has 3 heterocycles. The average Bonchev–Trinajstić information content (AvgIpc) is 3.35. The molecule has 0 radical (unpaired) electrons. The van der Waals surface area contributed by atoms with Crippen LogP contribution in [0.2, 0.25) is 0 Å². The maximum atomic E-state index is 12.8. The fraction of sp³-hybridized carbons (Fsp3) is 0.435. The third-order valence-electron chi connectivity index (χ3n) is 4.90. The van der Waals surface area contributed by atoms with Gasteiger partial charge in [-0.2, -0.15) is 0 Å². The first-order valence-electron chi connectivity index (χ1n) is 10.5. The lowest BCUT2D eigenvalue weighted by Crippen LogP contribution is -2.18. The number of ether oxygens (including phenoxy) is 1. The molecule has 8 nitrogen and oxygen atoms in total. The molecule has 0 aromatic carbocycles. The SMILES string of the molecule is COC(=O)c1c(NC(=O)c2ccoc2)c2cc(NCCC(C)C)cnc2n1CC(C)C. The Morgan fingerprint density at radius 2 is 2.00 bits per heavy atom. The van der Waals surface area contributed by atoms with Crippen LogP contribution in [0.25, 0.3) is 11.0 Å². The van der Waals surface area contributed by atoms with Crippen molar-refractivity contribution < 1.29 is 18.7 Å². The molecule has 0 aliphatic heterocycles. The molecule has 3 aromatic rings. The molecule has 0 spiro atoms. The second-order valence-electron chi connectivity index (χ2n) is 8.39. The number of hydrogen-bond acceptors (Lipinski definition) is 6. The van der Waals surface area contributed by atoms with Crippen molar-refractivity contribution >= 4 is 34.3 Å². The molecule has 0 unspecified atom stereocenters. The third kappa shape index (κ3) is 5.07. The molecule has 0 bridgehead atoms. The lowest BCUT2D eigenvalue weighted by Gasteiger charge is -2.12. The summed E-state index contributed by atoms with van der Waals surface area (Å²) in [5, 5.41) is 6.92. The Labute approximate surface area is 182 Å². The van der Waals surface area contributed by atoms with Crippen LogP contribution in [-0.2, 0) is 11.3 Å².